The van der Waals surface area contributed by atoms with E-state index in [2.05, 4.69) is 57.0 Å². The number of aryl methyl sites for hydroxylation is 1. The molecule has 1 aliphatic heterocycles. The topological polar surface area (TPSA) is 59.0 Å². The first kappa shape index (κ1) is 19.1. The number of hydrogen-bond acceptors (Lipinski definition) is 4. The number of aromatic nitrogens is 1. The van der Waals surface area contributed by atoms with Crippen LogP contribution in [-0.2, 0) is 6.54 Å². The molecule has 1 saturated heterocycles. The Morgan fingerprint density at radius 3 is 2.17 bits per heavy atom. The average Bonchev–Trinajstić information content (AvgIpc) is 3.19. The number of nitriles is 2. The smallest absolute Gasteiger partial charge is 0.0991 e. The Bertz CT molecular complexity index is 1040. The van der Waals surface area contributed by atoms with E-state index in [-0.39, 0.29) is 0 Å². The molecule has 0 bridgehead atoms. The Morgan fingerprint density at radius 1 is 0.759 bits per heavy atom. The molecule has 1 fully saturated rings. The molecule has 0 saturated carbocycles. The molecule has 0 aliphatic carbocycles. The quantitative estimate of drug-likeness (QED) is 0.604. The van der Waals surface area contributed by atoms with Crippen LogP contribution >= 0.6 is 0 Å². The van der Waals surface area contributed by atoms with Gasteiger partial charge in [-0.05, 0) is 67.9 Å². The summed E-state index contributed by atoms with van der Waals surface area (Å²) in [6, 6.07) is 20.3. The highest BCUT2D eigenvalue weighted by Crippen LogP contribution is 2.19. The third-order valence-electron chi connectivity index (χ3n) is 5.76. The van der Waals surface area contributed by atoms with Gasteiger partial charge in [-0.1, -0.05) is 0 Å². The Morgan fingerprint density at radius 2 is 1.45 bits per heavy atom. The van der Waals surface area contributed by atoms with Crippen LogP contribution in [0, 0.1) is 22.7 Å². The second-order valence-corrected chi connectivity index (χ2v) is 7.59. The number of nitrogens with zero attached hydrogens (tertiary/aromatic N) is 5. The molecule has 0 amide bonds. The van der Waals surface area contributed by atoms with Crippen LogP contribution in [0.15, 0.2) is 54.7 Å². The lowest BCUT2D eigenvalue weighted by Gasteiger charge is -2.36. The summed E-state index contributed by atoms with van der Waals surface area (Å²) in [7, 11) is 0. The molecular formula is C24H25N5. The van der Waals surface area contributed by atoms with Crippen LogP contribution in [0.1, 0.15) is 24.0 Å². The van der Waals surface area contributed by atoms with Crippen molar-refractivity contribution in [1.82, 2.24) is 9.47 Å². The van der Waals surface area contributed by atoms with Gasteiger partial charge >= 0.3 is 0 Å². The highest BCUT2D eigenvalue weighted by atomic mass is 15.3. The molecule has 2 aromatic carbocycles. The van der Waals surface area contributed by atoms with Crippen LogP contribution < -0.4 is 4.90 Å². The lowest BCUT2D eigenvalue weighted by molar-refractivity contribution is 0.251. The molecule has 3 aromatic rings. The van der Waals surface area contributed by atoms with E-state index in [0.717, 1.165) is 56.6 Å². The predicted octanol–water partition coefficient (Wildman–Crippen LogP) is 3.99. The van der Waals surface area contributed by atoms with Crippen LogP contribution in [0.5, 0.6) is 0 Å². The maximum Gasteiger partial charge on any atom is 0.0991 e. The Balaban J connectivity index is 1.21. The first-order valence-corrected chi connectivity index (χ1v) is 10.2. The maximum absolute atomic E-state index is 9.03. The van der Waals surface area contributed by atoms with E-state index in [0.29, 0.717) is 5.56 Å². The van der Waals surface area contributed by atoms with Crippen LogP contribution in [0.2, 0.25) is 0 Å². The van der Waals surface area contributed by atoms with Crippen molar-refractivity contribution in [3.05, 3.63) is 65.9 Å². The van der Waals surface area contributed by atoms with E-state index in [1.165, 1.54) is 17.6 Å². The van der Waals surface area contributed by atoms with Crippen LogP contribution in [-0.4, -0.2) is 42.2 Å². The zero-order valence-electron chi connectivity index (χ0n) is 16.6. The summed E-state index contributed by atoms with van der Waals surface area (Å²) in [5.74, 6) is 0. The summed E-state index contributed by atoms with van der Waals surface area (Å²) >= 11 is 0. The van der Waals surface area contributed by atoms with Crippen LogP contribution in [0.25, 0.3) is 10.9 Å². The van der Waals surface area contributed by atoms with Gasteiger partial charge in [0.25, 0.3) is 0 Å². The number of unbranched alkanes of at least 4 members (excludes halogenated alkanes) is 1. The zero-order valence-corrected chi connectivity index (χ0v) is 16.6. The van der Waals surface area contributed by atoms with E-state index in [1.807, 2.05) is 24.3 Å². The Labute approximate surface area is 172 Å². The number of hydrogen-bond donors (Lipinski definition) is 0. The minimum Gasteiger partial charge on any atom is -0.369 e. The van der Waals surface area contributed by atoms with E-state index < -0.39 is 0 Å². The fourth-order valence-corrected chi connectivity index (χ4v) is 4.06. The molecule has 5 heteroatoms. The molecule has 5 nitrogen and oxygen atoms in total. The average molecular weight is 383 g/mol. The summed E-state index contributed by atoms with van der Waals surface area (Å²) in [5, 5.41) is 19.1. The monoisotopic (exact) mass is 383 g/mol. The SMILES string of the molecule is N#Cc1ccc(N2CCN(CCCCn3ccc4cc(C#N)ccc43)CC2)cc1. The van der Waals surface area contributed by atoms with Crippen molar-refractivity contribution in [2.75, 3.05) is 37.6 Å². The number of anilines is 1. The second kappa shape index (κ2) is 8.82. The van der Waals surface area contributed by atoms with Gasteiger partial charge in [0.1, 0.15) is 0 Å². The predicted molar refractivity (Wildman–Crippen MR) is 116 cm³/mol. The van der Waals surface area contributed by atoms with Gasteiger partial charge in [0.2, 0.25) is 0 Å². The Hall–Kier alpha value is -3.28. The number of benzene rings is 2. The molecule has 1 aliphatic rings. The fraction of sp³-hybridized carbons (Fsp3) is 0.333. The van der Waals surface area contributed by atoms with E-state index in [4.69, 9.17) is 10.5 Å². The third kappa shape index (κ3) is 4.42. The van der Waals surface area contributed by atoms with E-state index in [9.17, 15) is 0 Å². The molecule has 0 atom stereocenters. The molecule has 0 radical (unpaired) electrons. The zero-order chi connectivity index (χ0) is 20.1. The summed E-state index contributed by atoms with van der Waals surface area (Å²) in [6.07, 6.45) is 4.47. The number of piperazine rings is 1. The fourth-order valence-electron chi connectivity index (χ4n) is 4.06. The van der Waals surface area contributed by atoms with Gasteiger partial charge in [0, 0.05) is 55.5 Å². The summed E-state index contributed by atoms with van der Waals surface area (Å²) in [4.78, 5) is 4.95. The molecule has 1 aromatic heterocycles. The molecule has 0 spiro atoms. The minimum atomic E-state index is 0.716. The highest BCUT2D eigenvalue weighted by Gasteiger charge is 2.16. The first-order chi connectivity index (χ1) is 14.3. The molecule has 29 heavy (non-hydrogen) atoms. The highest BCUT2D eigenvalue weighted by molar-refractivity contribution is 5.81. The summed E-state index contributed by atoms with van der Waals surface area (Å²) in [5.41, 5.74) is 3.85. The van der Waals surface area contributed by atoms with Crippen LogP contribution in [0.3, 0.4) is 0 Å². The molecule has 0 unspecified atom stereocenters. The van der Waals surface area contributed by atoms with Crippen molar-refractivity contribution in [1.29, 1.82) is 10.5 Å². The van der Waals surface area contributed by atoms with Crippen molar-refractivity contribution >= 4 is 16.6 Å². The molecular weight excluding hydrogens is 358 g/mol. The van der Waals surface area contributed by atoms with Crippen molar-refractivity contribution in [2.24, 2.45) is 0 Å². The largest absolute Gasteiger partial charge is 0.369 e. The lowest BCUT2D eigenvalue weighted by atomic mass is 10.2. The van der Waals surface area contributed by atoms with Gasteiger partial charge in [-0.2, -0.15) is 10.5 Å². The summed E-state index contributed by atoms with van der Waals surface area (Å²) < 4.78 is 2.29. The summed E-state index contributed by atoms with van der Waals surface area (Å²) in [6.45, 7) is 6.40. The standard InChI is InChI=1S/C24H25N5/c25-18-20-3-6-23(7-4-20)28-15-13-27(14-16-28)10-1-2-11-29-12-9-22-17-21(19-26)5-8-24(22)29/h3-9,12,17H,1-2,10-11,13-16H2. The third-order valence-corrected chi connectivity index (χ3v) is 5.76. The van der Waals surface area contributed by atoms with Gasteiger partial charge in [0.05, 0.1) is 23.3 Å². The van der Waals surface area contributed by atoms with Gasteiger partial charge in [-0.15, -0.1) is 0 Å². The van der Waals surface area contributed by atoms with Gasteiger partial charge < -0.3 is 9.47 Å². The van der Waals surface area contributed by atoms with Gasteiger partial charge in [-0.3, -0.25) is 4.90 Å². The van der Waals surface area contributed by atoms with Crippen LogP contribution in [0.4, 0.5) is 5.69 Å². The first-order valence-electron chi connectivity index (χ1n) is 10.2. The number of rotatable bonds is 6. The van der Waals surface area contributed by atoms with Crippen molar-refractivity contribution in [3.63, 3.8) is 0 Å². The molecule has 0 N–H and O–H groups in total. The van der Waals surface area contributed by atoms with Gasteiger partial charge in [0.15, 0.2) is 0 Å². The lowest BCUT2D eigenvalue weighted by Crippen LogP contribution is -2.46. The van der Waals surface area contributed by atoms with Crippen molar-refractivity contribution in [3.8, 4) is 12.1 Å². The van der Waals surface area contributed by atoms with Crippen molar-refractivity contribution < 1.29 is 0 Å². The minimum absolute atomic E-state index is 0.716. The van der Waals surface area contributed by atoms with Crippen molar-refractivity contribution in [2.45, 2.75) is 19.4 Å². The molecule has 4 rings (SSSR count). The second-order valence-electron chi connectivity index (χ2n) is 7.59. The normalized spacial score (nSPS) is 14.6. The van der Waals surface area contributed by atoms with Gasteiger partial charge in [-0.25, -0.2) is 0 Å². The number of fused-ring (bicyclic) bond motifs is 1. The molecule has 146 valence electrons. The Kier molecular flexibility index (Phi) is 5.79. The molecule has 2 heterocycles. The van der Waals surface area contributed by atoms with E-state index >= 15 is 0 Å². The maximum atomic E-state index is 9.03. The van der Waals surface area contributed by atoms with E-state index in [1.54, 1.807) is 0 Å².